The monoisotopic (exact) mass is 949 g/mol. The summed E-state index contributed by atoms with van der Waals surface area (Å²) in [7, 11) is 0. The molecule has 5 heteroatoms. The first-order valence-electron chi connectivity index (χ1n) is 29.5. The molecule has 0 aromatic carbocycles. The van der Waals surface area contributed by atoms with E-state index in [0.29, 0.717) is 12.8 Å². The van der Waals surface area contributed by atoms with Crippen LogP contribution in [0.25, 0.3) is 0 Å². The van der Waals surface area contributed by atoms with E-state index in [0.717, 1.165) is 70.6 Å². The Morgan fingerprint density at radius 3 is 0.971 bits per heavy atom. The second kappa shape index (κ2) is 58.7. The van der Waals surface area contributed by atoms with Crippen molar-refractivity contribution in [2.24, 2.45) is 0 Å². The van der Waals surface area contributed by atoms with Crippen molar-refractivity contribution in [2.75, 3.05) is 13.2 Å². The molecule has 0 fully saturated rings. The fraction of sp³-hybridized carbons (Fsp3) is 0.778. The highest BCUT2D eigenvalue weighted by molar-refractivity contribution is 5.70. The van der Waals surface area contributed by atoms with Crippen LogP contribution in [0.5, 0.6) is 0 Å². The van der Waals surface area contributed by atoms with Gasteiger partial charge in [-0.1, -0.05) is 273 Å². The summed E-state index contributed by atoms with van der Waals surface area (Å²) in [5.41, 5.74) is 0. The summed E-state index contributed by atoms with van der Waals surface area (Å²) in [5, 5.41) is 9.65. The number of allylic oxidation sites excluding steroid dienone is 12. The van der Waals surface area contributed by atoms with Gasteiger partial charge in [0.1, 0.15) is 6.61 Å². The number of rotatable bonds is 54. The molecule has 394 valence electrons. The maximum atomic E-state index is 12.3. The van der Waals surface area contributed by atoms with Gasteiger partial charge in [-0.2, -0.15) is 0 Å². The molecule has 0 heterocycles. The van der Waals surface area contributed by atoms with Crippen LogP contribution >= 0.6 is 0 Å². The van der Waals surface area contributed by atoms with E-state index in [1.54, 1.807) is 0 Å². The standard InChI is InChI=1S/C63H112O5/c1-3-5-7-9-11-13-15-17-19-21-22-23-24-25-26-27-28-29-30-31-32-33-34-35-36-37-38-39-40-42-44-46-48-50-52-54-56-58-63(66)68-61(59-64)60-67-62(65)57-55-53-51-49-47-45-43-41-20-18-16-14-12-10-8-6-4-2/h5,7,11,13,17-20,22-23,25-26,61,64H,3-4,6,8-10,12,14-16,21,24,27-60H2,1-2H3/b7-5-,13-11-,19-17-,20-18-,23-22-,26-25-. The van der Waals surface area contributed by atoms with Crippen molar-refractivity contribution in [3.8, 4) is 0 Å². The number of aliphatic hydroxyl groups is 1. The van der Waals surface area contributed by atoms with Crippen LogP contribution in [-0.2, 0) is 19.1 Å². The first-order chi connectivity index (χ1) is 33.6. The van der Waals surface area contributed by atoms with Gasteiger partial charge in [0.05, 0.1) is 6.61 Å². The number of unbranched alkanes of at least 4 members (excludes halogenated alkanes) is 34. The third kappa shape index (κ3) is 55.9. The number of hydrogen-bond donors (Lipinski definition) is 1. The van der Waals surface area contributed by atoms with Crippen molar-refractivity contribution >= 4 is 11.9 Å². The summed E-state index contributed by atoms with van der Waals surface area (Å²) >= 11 is 0. The quantitative estimate of drug-likeness (QED) is 0.0374. The molecule has 1 unspecified atom stereocenters. The lowest BCUT2D eigenvalue weighted by Gasteiger charge is -2.15. The normalized spacial score (nSPS) is 12.7. The fourth-order valence-electron chi connectivity index (χ4n) is 8.58. The first kappa shape index (κ1) is 65.3. The first-order valence-corrected chi connectivity index (χ1v) is 29.5. The number of ether oxygens (including phenoxy) is 2. The Labute approximate surface area is 423 Å². The van der Waals surface area contributed by atoms with Crippen molar-refractivity contribution in [1.29, 1.82) is 0 Å². The molecule has 0 saturated heterocycles. The van der Waals surface area contributed by atoms with E-state index in [1.807, 2.05) is 0 Å². The average Bonchev–Trinajstić information content (AvgIpc) is 3.34. The van der Waals surface area contributed by atoms with E-state index in [4.69, 9.17) is 9.47 Å². The molecule has 0 aromatic rings. The van der Waals surface area contributed by atoms with Gasteiger partial charge in [0, 0.05) is 12.8 Å². The number of hydrogen-bond acceptors (Lipinski definition) is 5. The van der Waals surface area contributed by atoms with Crippen molar-refractivity contribution in [1.82, 2.24) is 0 Å². The molecule has 0 saturated carbocycles. The molecule has 0 radical (unpaired) electrons. The van der Waals surface area contributed by atoms with Gasteiger partial charge in [-0.25, -0.2) is 0 Å². The topological polar surface area (TPSA) is 72.8 Å². The van der Waals surface area contributed by atoms with Crippen LogP contribution in [0.4, 0.5) is 0 Å². The summed E-state index contributed by atoms with van der Waals surface area (Å²) in [5.74, 6) is -0.584. The Hall–Kier alpha value is -2.66. The molecule has 1 atom stereocenters. The second-order valence-electron chi connectivity index (χ2n) is 19.7. The Bertz CT molecular complexity index is 1210. The molecular weight excluding hydrogens is 837 g/mol. The molecule has 0 amide bonds. The Balaban J connectivity index is 3.43. The zero-order valence-corrected chi connectivity index (χ0v) is 45.1. The highest BCUT2D eigenvalue weighted by atomic mass is 16.6. The maximum Gasteiger partial charge on any atom is 0.306 e. The van der Waals surface area contributed by atoms with E-state index < -0.39 is 6.10 Å². The van der Waals surface area contributed by atoms with Gasteiger partial charge in [-0.3, -0.25) is 9.59 Å². The number of aliphatic hydroxyl groups excluding tert-OH is 1. The van der Waals surface area contributed by atoms with Gasteiger partial charge in [0.2, 0.25) is 0 Å². The summed E-state index contributed by atoms with van der Waals surface area (Å²) in [6.07, 6.45) is 80.4. The SMILES string of the molecule is CC/C=C\C/C=C\C/C=C\C/C=C\C/C=C\CCCCCCCCCCCCCCCCCCCCCCCC(=O)OC(CO)COC(=O)CCCCCCCCC/C=C\CCCCCCCC. The fourth-order valence-corrected chi connectivity index (χ4v) is 8.58. The van der Waals surface area contributed by atoms with Gasteiger partial charge < -0.3 is 14.6 Å². The summed E-state index contributed by atoms with van der Waals surface area (Å²) in [6, 6.07) is 0. The molecule has 0 rings (SSSR count). The molecule has 0 aromatic heterocycles. The van der Waals surface area contributed by atoms with Crippen LogP contribution in [0.3, 0.4) is 0 Å². The number of esters is 2. The lowest BCUT2D eigenvalue weighted by molar-refractivity contribution is -0.161. The highest BCUT2D eigenvalue weighted by Gasteiger charge is 2.16. The molecule has 1 N–H and O–H groups in total. The molecule has 0 aliphatic heterocycles. The molecule has 0 spiro atoms. The predicted molar refractivity (Wildman–Crippen MR) is 297 cm³/mol. The van der Waals surface area contributed by atoms with Crippen molar-refractivity contribution in [2.45, 2.75) is 302 Å². The van der Waals surface area contributed by atoms with E-state index >= 15 is 0 Å². The van der Waals surface area contributed by atoms with Gasteiger partial charge in [0.25, 0.3) is 0 Å². The Kier molecular flexibility index (Phi) is 56.4. The van der Waals surface area contributed by atoms with Gasteiger partial charge in [-0.15, -0.1) is 0 Å². The smallest absolute Gasteiger partial charge is 0.306 e. The van der Waals surface area contributed by atoms with E-state index in [-0.39, 0.29) is 25.2 Å². The summed E-state index contributed by atoms with van der Waals surface area (Å²) in [4.78, 5) is 24.5. The summed E-state index contributed by atoms with van der Waals surface area (Å²) < 4.78 is 10.7. The average molecular weight is 950 g/mol. The summed E-state index contributed by atoms with van der Waals surface area (Å²) in [6.45, 7) is 4.05. The van der Waals surface area contributed by atoms with Crippen molar-refractivity contribution in [3.05, 3.63) is 72.9 Å². The van der Waals surface area contributed by atoms with Crippen LogP contribution in [0.1, 0.15) is 296 Å². The van der Waals surface area contributed by atoms with E-state index in [9.17, 15) is 14.7 Å². The minimum absolute atomic E-state index is 0.0657. The molecular formula is C63H112O5. The largest absolute Gasteiger partial charge is 0.462 e. The van der Waals surface area contributed by atoms with Crippen LogP contribution in [0, 0.1) is 0 Å². The zero-order valence-electron chi connectivity index (χ0n) is 45.1. The van der Waals surface area contributed by atoms with Crippen molar-refractivity contribution in [3.63, 3.8) is 0 Å². The molecule has 0 bridgehead atoms. The van der Waals surface area contributed by atoms with Gasteiger partial charge in [0.15, 0.2) is 6.10 Å². The Morgan fingerprint density at radius 2 is 0.632 bits per heavy atom. The zero-order chi connectivity index (χ0) is 49.2. The molecule has 5 nitrogen and oxygen atoms in total. The molecule has 0 aliphatic rings. The van der Waals surface area contributed by atoms with Crippen LogP contribution in [-0.4, -0.2) is 36.4 Å². The second-order valence-corrected chi connectivity index (χ2v) is 19.7. The third-order valence-corrected chi connectivity index (χ3v) is 13.0. The van der Waals surface area contributed by atoms with Crippen molar-refractivity contribution < 1.29 is 24.2 Å². The minimum atomic E-state index is -0.773. The van der Waals surface area contributed by atoms with Crippen LogP contribution < -0.4 is 0 Å². The lowest BCUT2D eigenvalue weighted by Crippen LogP contribution is -2.28. The molecule has 0 aliphatic carbocycles. The van der Waals surface area contributed by atoms with E-state index in [1.165, 1.54) is 199 Å². The maximum absolute atomic E-state index is 12.3. The minimum Gasteiger partial charge on any atom is -0.462 e. The van der Waals surface area contributed by atoms with E-state index in [2.05, 4.69) is 86.8 Å². The van der Waals surface area contributed by atoms with Gasteiger partial charge >= 0.3 is 11.9 Å². The van der Waals surface area contributed by atoms with Gasteiger partial charge in [-0.05, 0) is 83.5 Å². The third-order valence-electron chi connectivity index (χ3n) is 13.0. The van der Waals surface area contributed by atoms with Crippen LogP contribution in [0.15, 0.2) is 72.9 Å². The Morgan fingerprint density at radius 1 is 0.353 bits per heavy atom. The predicted octanol–water partition coefficient (Wildman–Crippen LogP) is 20.0. The molecule has 68 heavy (non-hydrogen) atoms. The number of carbonyl (C=O) groups is 2. The lowest BCUT2D eigenvalue weighted by atomic mass is 10.0. The highest BCUT2D eigenvalue weighted by Crippen LogP contribution is 2.17. The number of carbonyl (C=O) groups excluding carboxylic acids is 2. The van der Waals surface area contributed by atoms with Crippen LogP contribution in [0.2, 0.25) is 0 Å².